The zero-order chi connectivity index (χ0) is 24.7. The van der Waals surface area contributed by atoms with E-state index in [1.807, 2.05) is 32.0 Å². The highest BCUT2D eigenvalue weighted by molar-refractivity contribution is 6.36. The van der Waals surface area contributed by atoms with E-state index in [1.54, 1.807) is 42.5 Å². The van der Waals surface area contributed by atoms with E-state index in [-0.39, 0.29) is 23.3 Å². The molecule has 0 saturated carbocycles. The SMILES string of the molecule is CCOc1cc(/C=C(\C#N)c2ccc(Cl)cc2Cl)cc(Cl)c1OCC(=O)Nc1cccc(C)c1. The van der Waals surface area contributed by atoms with Crippen LogP contribution in [0, 0.1) is 18.3 Å². The summed E-state index contributed by atoms with van der Waals surface area (Å²) < 4.78 is 11.4. The standard InChI is InChI=1S/C26H21Cl3N2O3/c1-3-33-24-12-17(10-18(14-30)21-8-7-19(27)13-22(21)28)11-23(29)26(24)34-15-25(32)31-20-6-4-5-16(2)9-20/h4-13H,3,15H2,1-2H3,(H,31,32)/b18-10+. The van der Waals surface area contributed by atoms with Gasteiger partial charge in [0.2, 0.25) is 0 Å². The van der Waals surface area contributed by atoms with Gasteiger partial charge in [-0.2, -0.15) is 5.26 Å². The second kappa shape index (κ2) is 11.8. The molecule has 1 N–H and O–H groups in total. The summed E-state index contributed by atoms with van der Waals surface area (Å²) in [6.45, 7) is 3.85. The molecule has 0 aliphatic carbocycles. The van der Waals surface area contributed by atoms with Crippen molar-refractivity contribution >= 4 is 58.0 Å². The van der Waals surface area contributed by atoms with Crippen molar-refractivity contribution < 1.29 is 14.3 Å². The number of aryl methyl sites for hydroxylation is 1. The third-order valence-electron chi connectivity index (χ3n) is 4.63. The number of ether oxygens (including phenoxy) is 2. The molecule has 0 atom stereocenters. The molecule has 0 bridgehead atoms. The number of benzene rings is 3. The van der Waals surface area contributed by atoms with E-state index in [4.69, 9.17) is 44.3 Å². The van der Waals surface area contributed by atoms with Crippen LogP contribution >= 0.6 is 34.8 Å². The molecular formula is C26H21Cl3N2O3. The van der Waals surface area contributed by atoms with Crippen molar-refractivity contribution in [2.24, 2.45) is 0 Å². The van der Waals surface area contributed by atoms with Crippen LogP contribution in [0.25, 0.3) is 11.6 Å². The summed E-state index contributed by atoms with van der Waals surface area (Å²) in [5.41, 5.74) is 3.17. The number of rotatable bonds is 8. The summed E-state index contributed by atoms with van der Waals surface area (Å²) in [4.78, 5) is 12.4. The first kappa shape index (κ1) is 25.5. The Morgan fingerprint density at radius 1 is 1.06 bits per heavy atom. The summed E-state index contributed by atoms with van der Waals surface area (Å²) in [5, 5.41) is 13.5. The fourth-order valence-electron chi connectivity index (χ4n) is 3.18. The lowest BCUT2D eigenvalue weighted by Crippen LogP contribution is -2.20. The average molecular weight is 516 g/mol. The topological polar surface area (TPSA) is 71.3 Å². The molecule has 0 heterocycles. The van der Waals surface area contributed by atoms with Crippen molar-refractivity contribution in [1.29, 1.82) is 5.26 Å². The van der Waals surface area contributed by atoms with Gasteiger partial charge >= 0.3 is 0 Å². The van der Waals surface area contributed by atoms with Gasteiger partial charge in [0.05, 0.1) is 28.3 Å². The van der Waals surface area contributed by atoms with Gasteiger partial charge < -0.3 is 14.8 Å². The quantitative estimate of drug-likeness (QED) is 0.250. The van der Waals surface area contributed by atoms with Crippen molar-refractivity contribution in [2.75, 3.05) is 18.5 Å². The first-order valence-corrected chi connectivity index (χ1v) is 11.5. The summed E-state index contributed by atoms with van der Waals surface area (Å²) >= 11 is 18.7. The molecule has 34 heavy (non-hydrogen) atoms. The van der Waals surface area contributed by atoms with E-state index < -0.39 is 0 Å². The van der Waals surface area contributed by atoms with Crippen LogP contribution in [0.4, 0.5) is 5.69 Å². The van der Waals surface area contributed by atoms with Crippen molar-refractivity contribution in [3.63, 3.8) is 0 Å². The van der Waals surface area contributed by atoms with Gasteiger partial charge in [-0.1, -0.05) is 53.0 Å². The normalized spacial score (nSPS) is 11.0. The van der Waals surface area contributed by atoms with Crippen molar-refractivity contribution in [3.05, 3.63) is 86.4 Å². The minimum atomic E-state index is -0.336. The van der Waals surface area contributed by atoms with Crippen LogP contribution < -0.4 is 14.8 Å². The molecule has 0 aliphatic heterocycles. The van der Waals surface area contributed by atoms with Crippen LogP contribution in [0.1, 0.15) is 23.6 Å². The van der Waals surface area contributed by atoms with Crippen LogP contribution in [-0.2, 0) is 4.79 Å². The second-order valence-electron chi connectivity index (χ2n) is 7.26. The number of carbonyl (C=O) groups is 1. The fourth-order valence-corrected chi connectivity index (χ4v) is 3.96. The van der Waals surface area contributed by atoms with Crippen LogP contribution in [0.15, 0.2) is 54.6 Å². The predicted molar refractivity (Wildman–Crippen MR) is 138 cm³/mol. The maximum Gasteiger partial charge on any atom is 0.262 e. The molecule has 174 valence electrons. The summed E-state index contributed by atoms with van der Waals surface area (Å²) in [6.07, 6.45) is 1.64. The van der Waals surface area contributed by atoms with E-state index in [0.717, 1.165) is 5.56 Å². The number of carbonyl (C=O) groups excluding carboxylic acids is 1. The second-order valence-corrected chi connectivity index (χ2v) is 8.51. The highest BCUT2D eigenvalue weighted by Crippen LogP contribution is 2.38. The minimum absolute atomic E-state index is 0.236. The minimum Gasteiger partial charge on any atom is -0.490 e. The Morgan fingerprint density at radius 3 is 2.53 bits per heavy atom. The Kier molecular flexibility index (Phi) is 8.84. The number of nitrogens with zero attached hydrogens (tertiary/aromatic N) is 1. The average Bonchev–Trinajstić information content (AvgIpc) is 2.77. The van der Waals surface area contributed by atoms with Gasteiger partial charge in [-0.25, -0.2) is 0 Å². The van der Waals surface area contributed by atoms with Gasteiger partial charge in [0.1, 0.15) is 0 Å². The molecule has 3 aromatic rings. The lowest BCUT2D eigenvalue weighted by molar-refractivity contribution is -0.118. The summed E-state index contributed by atoms with van der Waals surface area (Å²) in [7, 11) is 0. The smallest absolute Gasteiger partial charge is 0.262 e. The Bertz CT molecular complexity index is 1280. The van der Waals surface area contributed by atoms with E-state index >= 15 is 0 Å². The van der Waals surface area contributed by atoms with Gasteiger partial charge in [-0.3, -0.25) is 4.79 Å². The van der Waals surface area contributed by atoms with Crippen molar-refractivity contribution in [2.45, 2.75) is 13.8 Å². The maximum atomic E-state index is 12.4. The molecule has 0 aliphatic rings. The molecule has 0 aromatic heterocycles. The van der Waals surface area contributed by atoms with Crippen LogP contribution in [0.3, 0.4) is 0 Å². The van der Waals surface area contributed by atoms with E-state index in [2.05, 4.69) is 11.4 Å². The number of nitriles is 1. The fraction of sp³-hybridized carbons (Fsp3) is 0.154. The molecule has 0 radical (unpaired) electrons. The summed E-state index contributed by atoms with van der Waals surface area (Å²) in [5.74, 6) is 0.254. The summed E-state index contributed by atoms with van der Waals surface area (Å²) in [6, 6.07) is 17.8. The van der Waals surface area contributed by atoms with Crippen LogP contribution in [0.5, 0.6) is 11.5 Å². The number of nitrogens with one attached hydrogen (secondary N) is 1. The molecule has 0 fully saturated rings. The molecular weight excluding hydrogens is 495 g/mol. The van der Waals surface area contributed by atoms with E-state index in [1.165, 1.54) is 0 Å². The Labute approximate surface area is 213 Å². The molecule has 0 unspecified atom stereocenters. The van der Waals surface area contributed by atoms with Gasteiger partial charge in [-0.15, -0.1) is 0 Å². The molecule has 1 amide bonds. The molecule has 0 spiro atoms. The largest absolute Gasteiger partial charge is 0.490 e. The van der Waals surface area contributed by atoms with Crippen molar-refractivity contribution in [3.8, 4) is 17.6 Å². The van der Waals surface area contributed by atoms with Crippen LogP contribution in [-0.4, -0.2) is 19.1 Å². The Balaban J connectivity index is 1.84. The molecule has 3 aromatic carbocycles. The van der Waals surface area contributed by atoms with E-state index in [9.17, 15) is 10.1 Å². The van der Waals surface area contributed by atoms with Crippen LogP contribution in [0.2, 0.25) is 15.1 Å². The van der Waals surface area contributed by atoms with Gasteiger partial charge in [0.25, 0.3) is 5.91 Å². The number of amides is 1. The molecule has 0 saturated heterocycles. The van der Waals surface area contributed by atoms with Gasteiger partial charge in [-0.05, 0) is 67.4 Å². The Hall–Kier alpha value is -3.17. The number of anilines is 1. The predicted octanol–water partition coefficient (Wildman–Crippen LogP) is 7.44. The first-order valence-electron chi connectivity index (χ1n) is 10.3. The lowest BCUT2D eigenvalue weighted by Gasteiger charge is -2.15. The lowest BCUT2D eigenvalue weighted by atomic mass is 10.0. The number of hydrogen-bond acceptors (Lipinski definition) is 4. The maximum absolute atomic E-state index is 12.4. The first-order chi connectivity index (χ1) is 16.3. The highest BCUT2D eigenvalue weighted by Gasteiger charge is 2.15. The third-order valence-corrected chi connectivity index (χ3v) is 5.46. The zero-order valence-corrected chi connectivity index (χ0v) is 20.8. The number of allylic oxidation sites excluding steroid dienone is 1. The monoisotopic (exact) mass is 514 g/mol. The highest BCUT2D eigenvalue weighted by atomic mass is 35.5. The molecule has 3 rings (SSSR count). The van der Waals surface area contributed by atoms with Gasteiger partial charge in [0.15, 0.2) is 18.1 Å². The zero-order valence-electron chi connectivity index (χ0n) is 18.5. The van der Waals surface area contributed by atoms with Crippen molar-refractivity contribution in [1.82, 2.24) is 0 Å². The van der Waals surface area contributed by atoms with Gasteiger partial charge in [0, 0.05) is 16.3 Å². The molecule has 8 heteroatoms. The Morgan fingerprint density at radius 2 is 1.85 bits per heavy atom. The van der Waals surface area contributed by atoms with E-state index in [0.29, 0.717) is 44.8 Å². The molecule has 5 nitrogen and oxygen atoms in total. The third kappa shape index (κ3) is 6.68. The number of hydrogen-bond donors (Lipinski definition) is 1. The number of halogens is 3.